The van der Waals surface area contributed by atoms with Gasteiger partial charge in [0.2, 0.25) is 0 Å². The highest BCUT2D eigenvalue weighted by Crippen LogP contribution is 2.35. The Morgan fingerprint density at radius 3 is 2.44 bits per heavy atom. The highest BCUT2D eigenvalue weighted by atomic mass is 79.9. The molecule has 0 aliphatic carbocycles. The van der Waals surface area contributed by atoms with Crippen LogP contribution in [0.3, 0.4) is 0 Å². The van der Waals surface area contributed by atoms with Crippen LogP contribution in [-0.2, 0) is 0 Å². The van der Waals surface area contributed by atoms with Crippen LogP contribution in [0.1, 0.15) is 5.56 Å². The van der Waals surface area contributed by atoms with Gasteiger partial charge in [0.15, 0.2) is 0 Å². The number of halogens is 3. The van der Waals surface area contributed by atoms with Gasteiger partial charge in [-0.3, -0.25) is 0 Å². The van der Waals surface area contributed by atoms with Crippen LogP contribution in [0, 0.1) is 6.92 Å². The van der Waals surface area contributed by atoms with E-state index < -0.39 is 0 Å². The largest absolute Gasteiger partial charge is 0.455 e. The minimum atomic E-state index is 0.462. The number of nitrogen functional groups attached to an aromatic ring is 1. The average Bonchev–Trinajstić information content (AvgIpc) is 2.29. The highest BCUT2D eigenvalue weighted by Gasteiger charge is 2.08. The molecule has 0 unspecified atom stereocenters. The summed E-state index contributed by atoms with van der Waals surface area (Å²) in [6.07, 6.45) is 0. The van der Waals surface area contributed by atoms with Gasteiger partial charge in [0.25, 0.3) is 0 Å². The Balaban J connectivity index is 2.37. The molecule has 0 spiro atoms. The minimum Gasteiger partial charge on any atom is -0.455 e. The van der Waals surface area contributed by atoms with Gasteiger partial charge in [-0.05, 0) is 36.8 Å². The van der Waals surface area contributed by atoms with E-state index in [0.29, 0.717) is 27.2 Å². The molecule has 2 aromatic rings. The molecule has 0 aliphatic rings. The van der Waals surface area contributed by atoms with Crippen molar-refractivity contribution in [1.29, 1.82) is 0 Å². The van der Waals surface area contributed by atoms with Gasteiger partial charge in [-0.15, -0.1) is 0 Å². The van der Waals surface area contributed by atoms with E-state index in [4.69, 9.17) is 33.7 Å². The summed E-state index contributed by atoms with van der Waals surface area (Å²) in [4.78, 5) is 0. The minimum absolute atomic E-state index is 0.462. The van der Waals surface area contributed by atoms with Crippen LogP contribution in [-0.4, -0.2) is 0 Å². The molecule has 2 N–H and O–H groups in total. The Kier molecular flexibility index (Phi) is 4.05. The Hall–Kier alpha value is -0.900. The zero-order valence-electron chi connectivity index (χ0n) is 9.51. The smallest absolute Gasteiger partial charge is 0.146 e. The van der Waals surface area contributed by atoms with E-state index >= 15 is 0 Å². The summed E-state index contributed by atoms with van der Waals surface area (Å²) in [6.45, 7) is 1.90. The molecule has 5 heteroatoms. The molecular formula is C13H10BrCl2NO. The van der Waals surface area contributed by atoms with Crippen molar-refractivity contribution >= 4 is 44.8 Å². The third kappa shape index (κ3) is 2.91. The van der Waals surface area contributed by atoms with Gasteiger partial charge in [0.1, 0.15) is 11.5 Å². The summed E-state index contributed by atoms with van der Waals surface area (Å²) in [7, 11) is 0. The number of aryl methyl sites for hydroxylation is 1. The van der Waals surface area contributed by atoms with Crippen LogP contribution in [0.15, 0.2) is 34.8 Å². The first-order valence-corrected chi connectivity index (χ1v) is 6.71. The van der Waals surface area contributed by atoms with E-state index in [1.165, 1.54) is 0 Å². The maximum atomic E-state index is 6.09. The number of rotatable bonds is 2. The maximum Gasteiger partial charge on any atom is 0.146 e. The summed E-state index contributed by atoms with van der Waals surface area (Å²) in [5.41, 5.74) is 7.14. The summed E-state index contributed by atoms with van der Waals surface area (Å²) in [6, 6.07) is 8.87. The predicted octanol–water partition coefficient (Wildman–Crippen LogP) is 5.44. The molecule has 94 valence electrons. The van der Waals surface area contributed by atoms with Crippen LogP contribution >= 0.6 is 39.1 Å². The quantitative estimate of drug-likeness (QED) is 0.735. The summed E-state index contributed by atoms with van der Waals surface area (Å²) in [5, 5.41) is 0.987. The normalized spacial score (nSPS) is 10.4. The van der Waals surface area contributed by atoms with Crippen LogP contribution in [0.5, 0.6) is 11.5 Å². The fourth-order valence-corrected chi connectivity index (χ4v) is 2.34. The molecular weight excluding hydrogens is 337 g/mol. The zero-order valence-corrected chi connectivity index (χ0v) is 12.6. The van der Waals surface area contributed by atoms with E-state index in [2.05, 4.69) is 15.9 Å². The lowest BCUT2D eigenvalue weighted by Gasteiger charge is -2.11. The predicted molar refractivity (Wildman–Crippen MR) is 79.8 cm³/mol. The van der Waals surface area contributed by atoms with Gasteiger partial charge in [0, 0.05) is 10.5 Å². The molecule has 18 heavy (non-hydrogen) atoms. The fraction of sp³-hybridized carbons (Fsp3) is 0.0769. The molecule has 0 aromatic heterocycles. The van der Waals surface area contributed by atoms with Crippen LogP contribution in [0.4, 0.5) is 5.69 Å². The highest BCUT2D eigenvalue weighted by molar-refractivity contribution is 9.10. The van der Waals surface area contributed by atoms with Crippen molar-refractivity contribution in [3.8, 4) is 11.5 Å². The van der Waals surface area contributed by atoms with Crippen molar-refractivity contribution in [2.24, 2.45) is 0 Å². The average molecular weight is 347 g/mol. The second kappa shape index (κ2) is 5.39. The molecule has 0 fully saturated rings. The van der Waals surface area contributed by atoms with Crippen molar-refractivity contribution in [2.75, 3.05) is 5.73 Å². The monoisotopic (exact) mass is 345 g/mol. The molecule has 0 saturated carbocycles. The lowest BCUT2D eigenvalue weighted by molar-refractivity contribution is 0.479. The van der Waals surface area contributed by atoms with Crippen molar-refractivity contribution in [3.63, 3.8) is 0 Å². The summed E-state index contributed by atoms with van der Waals surface area (Å²) >= 11 is 15.4. The lowest BCUT2D eigenvalue weighted by atomic mass is 10.2. The van der Waals surface area contributed by atoms with Crippen LogP contribution in [0.2, 0.25) is 10.0 Å². The molecule has 0 amide bonds. The Morgan fingerprint density at radius 1 is 1.06 bits per heavy atom. The molecule has 0 saturated heterocycles. The number of benzene rings is 2. The number of hydrogen-bond donors (Lipinski definition) is 1. The van der Waals surface area contributed by atoms with Crippen molar-refractivity contribution < 1.29 is 4.74 Å². The SMILES string of the molecule is Cc1cc(N)c(Cl)cc1Oc1ccc(Br)cc1Cl. The van der Waals surface area contributed by atoms with E-state index in [-0.39, 0.29) is 0 Å². The number of ether oxygens (including phenoxy) is 1. The maximum absolute atomic E-state index is 6.09. The molecule has 0 bridgehead atoms. The van der Waals surface area contributed by atoms with Crippen LogP contribution in [0.25, 0.3) is 0 Å². The number of nitrogens with two attached hydrogens (primary N) is 1. The van der Waals surface area contributed by atoms with Gasteiger partial charge in [-0.1, -0.05) is 39.1 Å². The zero-order chi connectivity index (χ0) is 13.3. The molecule has 0 aliphatic heterocycles. The number of hydrogen-bond acceptors (Lipinski definition) is 2. The molecule has 0 radical (unpaired) electrons. The van der Waals surface area contributed by atoms with E-state index in [0.717, 1.165) is 10.0 Å². The molecule has 2 aromatic carbocycles. The topological polar surface area (TPSA) is 35.2 Å². The second-order valence-electron chi connectivity index (χ2n) is 3.82. The standard InChI is InChI=1S/C13H10BrCl2NO/c1-7-4-11(17)9(15)6-13(7)18-12-3-2-8(14)5-10(12)16/h2-6H,17H2,1H3. The van der Waals surface area contributed by atoms with E-state index in [1.807, 2.05) is 13.0 Å². The number of anilines is 1. The summed E-state index contributed by atoms with van der Waals surface area (Å²) in [5.74, 6) is 1.21. The Morgan fingerprint density at radius 2 is 1.78 bits per heavy atom. The first kappa shape index (κ1) is 13.5. The van der Waals surface area contributed by atoms with Gasteiger partial charge in [0.05, 0.1) is 15.7 Å². The third-order valence-corrected chi connectivity index (χ3v) is 3.52. The van der Waals surface area contributed by atoms with Gasteiger partial charge < -0.3 is 10.5 Å². The molecule has 0 atom stereocenters. The molecule has 2 nitrogen and oxygen atoms in total. The van der Waals surface area contributed by atoms with Crippen molar-refractivity contribution in [2.45, 2.75) is 6.92 Å². The molecule has 2 rings (SSSR count). The van der Waals surface area contributed by atoms with Crippen molar-refractivity contribution in [3.05, 3.63) is 50.4 Å². The fourth-order valence-electron chi connectivity index (χ4n) is 1.47. The first-order chi connectivity index (χ1) is 8.47. The van der Waals surface area contributed by atoms with E-state index in [9.17, 15) is 0 Å². The van der Waals surface area contributed by atoms with Gasteiger partial charge in [-0.25, -0.2) is 0 Å². The first-order valence-electron chi connectivity index (χ1n) is 5.16. The Bertz CT molecular complexity index is 602. The van der Waals surface area contributed by atoms with E-state index in [1.54, 1.807) is 24.3 Å². The van der Waals surface area contributed by atoms with Crippen LogP contribution < -0.4 is 10.5 Å². The van der Waals surface area contributed by atoms with Gasteiger partial charge >= 0.3 is 0 Å². The summed E-state index contributed by atoms with van der Waals surface area (Å²) < 4.78 is 6.63. The Labute approximate surface area is 124 Å². The molecule has 0 heterocycles. The van der Waals surface area contributed by atoms with Gasteiger partial charge in [-0.2, -0.15) is 0 Å². The third-order valence-electron chi connectivity index (χ3n) is 2.41. The van der Waals surface area contributed by atoms with Crippen molar-refractivity contribution in [1.82, 2.24) is 0 Å². The second-order valence-corrected chi connectivity index (χ2v) is 5.55. The lowest BCUT2D eigenvalue weighted by Crippen LogP contribution is -1.92.